The lowest BCUT2D eigenvalue weighted by atomic mass is 9.83. The number of carbonyl (C=O) groups excluding carboxylic acids is 1. The molecule has 0 fully saturated rings. The molecule has 0 bridgehead atoms. The summed E-state index contributed by atoms with van der Waals surface area (Å²) in [6, 6.07) is 15.4. The number of allylic oxidation sites excluding steroid dienone is 2. The van der Waals surface area contributed by atoms with Crippen molar-refractivity contribution in [2.45, 2.75) is 18.6 Å². The second-order valence-corrected chi connectivity index (χ2v) is 6.24. The zero-order chi connectivity index (χ0) is 18.9. The van der Waals surface area contributed by atoms with Gasteiger partial charge in [0, 0.05) is 17.2 Å². The molecule has 2 N–H and O–H groups in total. The monoisotopic (exact) mass is 351 g/mol. The predicted octanol–water partition coefficient (Wildman–Crippen LogP) is 2.59. The molecular formula is C20H17NO5. The molecule has 0 radical (unpaired) electrons. The van der Waals surface area contributed by atoms with Gasteiger partial charge in [0.15, 0.2) is 11.4 Å². The van der Waals surface area contributed by atoms with Crippen molar-refractivity contribution in [2.75, 3.05) is 0 Å². The number of ketones is 1. The number of aliphatic hydroxyl groups is 2. The van der Waals surface area contributed by atoms with E-state index < -0.39 is 22.3 Å². The van der Waals surface area contributed by atoms with Crippen molar-refractivity contribution in [3.63, 3.8) is 0 Å². The third kappa shape index (κ3) is 3.08. The van der Waals surface area contributed by atoms with Gasteiger partial charge in [-0.3, -0.25) is 14.9 Å². The topological polar surface area (TPSA) is 101 Å². The Morgan fingerprint density at radius 1 is 1.12 bits per heavy atom. The molecule has 0 saturated heterocycles. The first-order valence-electron chi connectivity index (χ1n) is 8.00. The minimum atomic E-state index is -2.01. The van der Waals surface area contributed by atoms with Crippen LogP contribution in [0.15, 0.2) is 72.4 Å². The molecule has 0 saturated carbocycles. The Labute approximate surface area is 149 Å². The fraction of sp³-hybridized carbons (Fsp3) is 0.150. The lowest BCUT2D eigenvalue weighted by Gasteiger charge is -2.28. The van der Waals surface area contributed by atoms with E-state index in [-0.39, 0.29) is 5.78 Å². The molecule has 2 atom stereocenters. The molecule has 0 aliphatic heterocycles. The van der Waals surface area contributed by atoms with Gasteiger partial charge >= 0.3 is 0 Å². The van der Waals surface area contributed by atoms with Crippen molar-refractivity contribution in [3.05, 3.63) is 99.3 Å². The van der Waals surface area contributed by atoms with Gasteiger partial charge in [-0.25, -0.2) is 0 Å². The van der Waals surface area contributed by atoms with Crippen molar-refractivity contribution >= 4 is 11.4 Å². The Balaban J connectivity index is 2.12. The third-order valence-corrected chi connectivity index (χ3v) is 4.44. The second-order valence-electron chi connectivity index (χ2n) is 6.24. The van der Waals surface area contributed by atoms with E-state index in [1.165, 1.54) is 19.1 Å². The average molecular weight is 351 g/mol. The normalized spacial score (nSPS) is 22.3. The number of nitro groups is 1. The number of hydrogen-bond donors (Lipinski definition) is 2. The summed E-state index contributed by atoms with van der Waals surface area (Å²) in [5.74, 6) is -0.232. The Hall–Kier alpha value is -3.09. The van der Waals surface area contributed by atoms with Crippen LogP contribution in [0.1, 0.15) is 28.4 Å². The standard InChI is InChI=1S/C20H17NO5/c1-20(24)17(21(25)26)11-14(12-18(20)22)15-9-5-6-10-16(15)19(23)13-7-3-2-4-8-13/h2-12,18,22,24H,1H3. The van der Waals surface area contributed by atoms with E-state index in [4.69, 9.17) is 0 Å². The van der Waals surface area contributed by atoms with E-state index in [0.717, 1.165) is 0 Å². The highest BCUT2D eigenvalue weighted by molar-refractivity contribution is 6.12. The van der Waals surface area contributed by atoms with Gasteiger partial charge in [-0.05, 0) is 24.1 Å². The first-order chi connectivity index (χ1) is 12.3. The van der Waals surface area contributed by atoms with Crippen LogP contribution in [-0.2, 0) is 0 Å². The van der Waals surface area contributed by atoms with Crippen LogP contribution in [0.5, 0.6) is 0 Å². The van der Waals surface area contributed by atoms with Gasteiger partial charge in [-0.2, -0.15) is 0 Å². The van der Waals surface area contributed by atoms with Crippen LogP contribution in [0.3, 0.4) is 0 Å². The molecule has 132 valence electrons. The summed E-state index contributed by atoms with van der Waals surface area (Å²) < 4.78 is 0. The Morgan fingerprint density at radius 3 is 2.38 bits per heavy atom. The molecule has 0 amide bonds. The lowest BCUT2D eigenvalue weighted by Crippen LogP contribution is -2.44. The maximum Gasteiger partial charge on any atom is 0.280 e. The van der Waals surface area contributed by atoms with Crippen molar-refractivity contribution < 1.29 is 19.9 Å². The molecular weight excluding hydrogens is 334 g/mol. The van der Waals surface area contributed by atoms with E-state index in [1.54, 1.807) is 54.6 Å². The molecule has 2 aromatic rings. The van der Waals surface area contributed by atoms with E-state index in [2.05, 4.69) is 0 Å². The predicted molar refractivity (Wildman–Crippen MR) is 96.0 cm³/mol. The fourth-order valence-corrected chi connectivity index (χ4v) is 2.91. The maximum atomic E-state index is 12.8. The van der Waals surface area contributed by atoms with Crippen LogP contribution in [0.2, 0.25) is 0 Å². The van der Waals surface area contributed by atoms with Crippen molar-refractivity contribution in [1.82, 2.24) is 0 Å². The van der Waals surface area contributed by atoms with Crippen LogP contribution in [-0.4, -0.2) is 32.6 Å². The number of aliphatic hydroxyl groups excluding tert-OH is 1. The van der Waals surface area contributed by atoms with Crippen LogP contribution in [0.4, 0.5) is 0 Å². The highest BCUT2D eigenvalue weighted by Gasteiger charge is 2.44. The zero-order valence-corrected chi connectivity index (χ0v) is 14.0. The quantitative estimate of drug-likeness (QED) is 0.501. The summed E-state index contributed by atoms with van der Waals surface area (Å²) in [4.78, 5) is 23.4. The third-order valence-electron chi connectivity index (χ3n) is 4.44. The number of rotatable bonds is 4. The number of carbonyl (C=O) groups is 1. The van der Waals surface area contributed by atoms with Gasteiger partial charge in [-0.1, -0.05) is 54.6 Å². The highest BCUT2D eigenvalue weighted by atomic mass is 16.6. The molecule has 0 aromatic heterocycles. The Kier molecular flexibility index (Phi) is 4.54. The number of hydrogen-bond acceptors (Lipinski definition) is 5. The van der Waals surface area contributed by atoms with E-state index in [9.17, 15) is 25.1 Å². The van der Waals surface area contributed by atoms with Crippen molar-refractivity contribution in [2.24, 2.45) is 0 Å². The Bertz CT molecular complexity index is 928. The van der Waals surface area contributed by atoms with Gasteiger partial charge in [0.05, 0.1) is 4.92 Å². The molecule has 0 heterocycles. The van der Waals surface area contributed by atoms with Gasteiger partial charge in [0.1, 0.15) is 6.10 Å². The lowest BCUT2D eigenvalue weighted by molar-refractivity contribution is -0.446. The summed E-state index contributed by atoms with van der Waals surface area (Å²) in [7, 11) is 0. The van der Waals surface area contributed by atoms with E-state index in [1.807, 2.05) is 0 Å². The number of nitrogens with zero attached hydrogens (tertiary/aromatic N) is 1. The molecule has 6 heteroatoms. The number of benzene rings is 2. The largest absolute Gasteiger partial charge is 0.385 e. The zero-order valence-electron chi connectivity index (χ0n) is 14.0. The maximum absolute atomic E-state index is 12.8. The van der Waals surface area contributed by atoms with E-state index in [0.29, 0.717) is 22.3 Å². The summed E-state index contributed by atoms with van der Waals surface area (Å²) in [6.07, 6.45) is 1.05. The summed E-state index contributed by atoms with van der Waals surface area (Å²) in [5.41, 5.74) is -0.916. The van der Waals surface area contributed by atoms with Gasteiger partial charge in [0.25, 0.3) is 5.70 Å². The average Bonchev–Trinajstić information content (AvgIpc) is 2.63. The van der Waals surface area contributed by atoms with Crippen molar-refractivity contribution in [1.29, 1.82) is 0 Å². The first kappa shape index (κ1) is 17.7. The highest BCUT2D eigenvalue weighted by Crippen LogP contribution is 2.34. The summed E-state index contributed by atoms with van der Waals surface area (Å²) in [5, 5.41) is 31.7. The van der Waals surface area contributed by atoms with Crippen molar-refractivity contribution in [3.8, 4) is 0 Å². The van der Waals surface area contributed by atoms with Crippen LogP contribution >= 0.6 is 0 Å². The van der Waals surface area contributed by atoms with E-state index >= 15 is 0 Å². The molecule has 2 unspecified atom stereocenters. The smallest absolute Gasteiger partial charge is 0.280 e. The summed E-state index contributed by atoms with van der Waals surface area (Å²) in [6.45, 7) is 1.18. The van der Waals surface area contributed by atoms with Gasteiger partial charge in [-0.15, -0.1) is 0 Å². The van der Waals surface area contributed by atoms with Gasteiger partial charge in [0.2, 0.25) is 0 Å². The second kappa shape index (κ2) is 6.67. The minimum Gasteiger partial charge on any atom is -0.385 e. The molecule has 2 aromatic carbocycles. The van der Waals surface area contributed by atoms with Crippen LogP contribution in [0.25, 0.3) is 5.57 Å². The summed E-state index contributed by atoms with van der Waals surface area (Å²) >= 11 is 0. The molecule has 6 nitrogen and oxygen atoms in total. The molecule has 1 aliphatic carbocycles. The SMILES string of the molecule is CC1(O)C([N+](=O)[O-])=CC(c2ccccc2C(=O)c2ccccc2)=CC1O. The molecule has 1 aliphatic rings. The minimum absolute atomic E-state index is 0.232. The van der Waals surface area contributed by atoms with Crippen LogP contribution in [0, 0.1) is 10.1 Å². The Morgan fingerprint density at radius 2 is 1.73 bits per heavy atom. The van der Waals surface area contributed by atoms with Crippen LogP contribution < -0.4 is 0 Å². The van der Waals surface area contributed by atoms with Gasteiger partial charge < -0.3 is 10.2 Å². The molecule has 26 heavy (non-hydrogen) atoms. The fourth-order valence-electron chi connectivity index (χ4n) is 2.91. The molecule has 3 rings (SSSR count). The molecule has 0 spiro atoms. The first-order valence-corrected chi connectivity index (χ1v) is 8.00.